The van der Waals surface area contributed by atoms with Gasteiger partial charge in [0.25, 0.3) is 0 Å². The smallest absolute Gasteiger partial charge is 0.330 e. The summed E-state index contributed by atoms with van der Waals surface area (Å²) in [5, 5.41) is 0. The van der Waals surface area contributed by atoms with Crippen LogP contribution < -0.4 is 0 Å². The van der Waals surface area contributed by atoms with E-state index in [1.54, 1.807) is 6.08 Å². The molecule has 0 spiro atoms. The molecule has 4 rings (SSSR count). The van der Waals surface area contributed by atoms with E-state index in [-0.39, 0.29) is 22.8 Å². The van der Waals surface area contributed by atoms with Gasteiger partial charge in [-0.3, -0.25) is 4.79 Å². The minimum atomic E-state index is -0.302. The summed E-state index contributed by atoms with van der Waals surface area (Å²) in [6.07, 6.45) is 8.94. The number of carbonyl (C=O) groups is 2. The molecule has 0 unspecified atom stereocenters. The second-order valence-electron chi connectivity index (χ2n) is 7.06. The fourth-order valence-electron chi connectivity index (χ4n) is 4.01. The molecule has 0 atom stereocenters. The predicted octanol–water partition coefficient (Wildman–Crippen LogP) is 3.80. The summed E-state index contributed by atoms with van der Waals surface area (Å²) in [4.78, 5) is 24.0. The summed E-state index contributed by atoms with van der Waals surface area (Å²) in [7, 11) is 1.47. The molecular weight excluding hydrogens is 304 g/mol. The molecule has 3 aliphatic rings. The summed E-state index contributed by atoms with van der Waals surface area (Å²) in [6.45, 7) is 0.294. The molecule has 3 aliphatic carbocycles. The number of benzene rings is 1. The first-order valence-electron chi connectivity index (χ1n) is 8.56. The van der Waals surface area contributed by atoms with E-state index in [0.29, 0.717) is 6.61 Å². The summed E-state index contributed by atoms with van der Waals surface area (Å²) in [6, 6.07) is 9.66. The molecule has 4 nitrogen and oxygen atoms in total. The predicted molar refractivity (Wildman–Crippen MR) is 90.0 cm³/mol. The van der Waals surface area contributed by atoms with Crippen LogP contribution >= 0.6 is 0 Å². The topological polar surface area (TPSA) is 52.6 Å². The Hall–Kier alpha value is -2.10. The quantitative estimate of drug-likeness (QED) is 0.609. The normalized spacial score (nSPS) is 28.7. The molecule has 0 N–H and O–H groups in total. The highest BCUT2D eigenvalue weighted by molar-refractivity contribution is 5.82. The molecule has 2 bridgehead atoms. The maximum atomic E-state index is 12.0. The maximum Gasteiger partial charge on any atom is 0.330 e. The Morgan fingerprint density at radius 2 is 1.67 bits per heavy atom. The van der Waals surface area contributed by atoms with Crippen LogP contribution in [0.4, 0.5) is 0 Å². The molecule has 0 heterocycles. The molecule has 1 aromatic rings. The summed E-state index contributed by atoms with van der Waals surface area (Å²) in [5.74, 6) is -0.370. The van der Waals surface area contributed by atoms with Crippen LogP contribution in [0.25, 0.3) is 0 Å². The highest BCUT2D eigenvalue weighted by Crippen LogP contribution is 2.57. The number of allylic oxidation sites excluding steroid dienone is 1. The molecule has 24 heavy (non-hydrogen) atoms. The third kappa shape index (κ3) is 3.37. The highest BCUT2D eigenvalue weighted by atomic mass is 16.5. The summed E-state index contributed by atoms with van der Waals surface area (Å²) in [5.41, 5.74) is 0.746. The molecule has 0 radical (unpaired) electrons. The summed E-state index contributed by atoms with van der Waals surface area (Å²) >= 11 is 0. The molecular formula is C20H24O4. The van der Waals surface area contributed by atoms with Crippen molar-refractivity contribution in [3.63, 3.8) is 0 Å². The fourth-order valence-corrected chi connectivity index (χ4v) is 4.01. The first-order valence-corrected chi connectivity index (χ1v) is 8.56. The molecule has 3 fully saturated rings. The number of carbonyl (C=O) groups excluding carboxylic acids is 2. The van der Waals surface area contributed by atoms with Crippen LogP contribution in [0.15, 0.2) is 42.5 Å². The zero-order chi connectivity index (χ0) is 17.0. The van der Waals surface area contributed by atoms with Crippen molar-refractivity contribution in [1.82, 2.24) is 0 Å². The Kier molecular flexibility index (Phi) is 4.74. The SMILES string of the molecule is COC(=O)C12CCC(/C=C/C(=O)OCc3ccccc3)(CC1)CC2. The number of fused-ring (bicyclic) bond motifs is 3. The van der Waals surface area contributed by atoms with Crippen molar-refractivity contribution >= 4 is 11.9 Å². The number of ether oxygens (including phenoxy) is 2. The van der Waals surface area contributed by atoms with Crippen LogP contribution in [0.2, 0.25) is 0 Å². The monoisotopic (exact) mass is 328 g/mol. The van der Waals surface area contributed by atoms with Gasteiger partial charge in [-0.25, -0.2) is 4.79 Å². The number of esters is 2. The van der Waals surface area contributed by atoms with Crippen LogP contribution in [0.3, 0.4) is 0 Å². The molecule has 0 aliphatic heterocycles. The van der Waals surface area contributed by atoms with Gasteiger partial charge in [0.2, 0.25) is 0 Å². The van der Waals surface area contributed by atoms with Crippen LogP contribution in [-0.2, 0) is 25.7 Å². The van der Waals surface area contributed by atoms with Crippen molar-refractivity contribution in [3.8, 4) is 0 Å². The standard InChI is InChI=1S/C20H24O4/c1-23-18(22)20-12-9-19(10-13-20,11-14-20)8-7-17(21)24-15-16-5-3-2-4-6-16/h2-8H,9-15H2,1H3/b8-7+. The first kappa shape index (κ1) is 16.7. The lowest BCUT2D eigenvalue weighted by atomic mass is 9.53. The lowest BCUT2D eigenvalue weighted by Crippen LogP contribution is -2.45. The molecule has 128 valence electrons. The Morgan fingerprint density at radius 3 is 2.25 bits per heavy atom. The number of hydrogen-bond acceptors (Lipinski definition) is 4. The first-order chi connectivity index (χ1) is 11.6. The van der Waals surface area contributed by atoms with E-state index in [0.717, 1.165) is 44.1 Å². The van der Waals surface area contributed by atoms with Crippen molar-refractivity contribution < 1.29 is 19.1 Å². The van der Waals surface area contributed by atoms with E-state index in [4.69, 9.17) is 9.47 Å². The van der Waals surface area contributed by atoms with Gasteiger partial charge in [-0.05, 0) is 49.5 Å². The van der Waals surface area contributed by atoms with Crippen LogP contribution in [0, 0.1) is 10.8 Å². The Morgan fingerprint density at radius 1 is 1.04 bits per heavy atom. The Balaban J connectivity index is 1.54. The molecule has 0 saturated heterocycles. The lowest BCUT2D eigenvalue weighted by Gasteiger charge is -2.50. The van der Waals surface area contributed by atoms with Crippen molar-refractivity contribution in [2.24, 2.45) is 10.8 Å². The number of methoxy groups -OCH3 is 1. The van der Waals surface area contributed by atoms with Crippen molar-refractivity contribution in [3.05, 3.63) is 48.0 Å². The number of hydrogen-bond donors (Lipinski definition) is 0. The van der Waals surface area contributed by atoms with Gasteiger partial charge in [-0.15, -0.1) is 0 Å². The molecule has 0 amide bonds. The van der Waals surface area contributed by atoms with Crippen molar-refractivity contribution in [2.75, 3.05) is 7.11 Å². The van der Waals surface area contributed by atoms with E-state index >= 15 is 0 Å². The summed E-state index contributed by atoms with van der Waals surface area (Å²) < 4.78 is 10.3. The fraction of sp³-hybridized carbons (Fsp3) is 0.500. The highest BCUT2D eigenvalue weighted by Gasteiger charge is 2.52. The maximum absolute atomic E-state index is 12.0. The van der Waals surface area contributed by atoms with E-state index in [9.17, 15) is 9.59 Å². The van der Waals surface area contributed by atoms with Gasteiger partial charge in [-0.2, -0.15) is 0 Å². The third-order valence-electron chi connectivity index (χ3n) is 5.72. The van der Waals surface area contributed by atoms with Crippen LogP contribution in [0.1, 0.15) is 44.1 Å². The van der Waals surface area contributed by atoms with Crippen LogP contribution in [0.5, 0.6) is 0 Å². The average Bonchev–Trinajstić information content (AvgIpc) is 2.66. The Labute approximate surface area is 142 Å². The largest absolute Gasteiger partial charge is 0.469 e. The van der Waals surface area contributed by atoms with Crippen molar-refractivity contribution in [1.29, 1.82) is 0 Å². The van der Waals surface area contributed by atoms with E-state index in [2.05, 4.69) is 0 Å². The number of rotatable bonds is 5. The van der Waals surface area contributed by atoms with Gasteiger partial charge < -0.3 is 9.47 Å². The minimum absolute atomic E-state index is 0.0432. The third-order valence-corrected chi connectivity index (χ3v) is 5.72. The van der Waals surface area contributed by atoms with Gasteiger partial charge in [0.15, 0.2) is 0 Å². The van der Waals surface area contributed by atoms with Crippen molar-refractivity contribution in [2.45, 2.75) is 45.1 Å². The van der Waals surface area contributed by atoms with Crippen LogP contribution in [-0.4, -0.2) is 19.0 Å². The van der Waals surface area contributed by atoms with Gasteiger partial charge >= 0.3 is 11.9 Å². The lowest BCUT2D eigenvalue weighted by molar-refractivity contribution is -0.161. The zero-order valence-corrected chi connectivity index (χ0v) is 14.1. The second-order valence-corrected chi connectivity index (χ2v) is 7.06. The van der Waals surface area contributed by atoms with E-state index in [1.807, 2.05) is 36.4 Å². The average molecular weight is 328 g/mol. The molecule has 1 aromatic carbocycles. The molecule has 3 saturated carbocycles. The van der Waals surface area contributed by atoms with Gasteiger partial charge in [0, 0.05) is 6.08 Å². The van der Waals surface area contributed by atoms with Gasteiger partial charge in [0.1, 0.15) is 6.61 Å². The Bertz CT molecular complexity index is 608. The second kappa shape index (κ2) is 6.80. The minimum Gasteiger partial charge on any atom is -0.469 e. The van der Waals surface area contributed by atoms with Gasteiger partial charge in [0.05, 0.1) is 12.5 Å². The van der Waals surface area contributed by atoms with E-state index in [1.165, 1.54) is 7.11 Å². The van der Waals surface area contributed by atoms with Gasteiger partial charge in [-0.1, -0.05) is 36.4 Å². The molecule has 0 aromatic heterocycles. The van der Waals surface area contributed by atoms with E-state index < -0.39 is 0 Å². The molecule has 4 heteroatoms. The zero-order valence-electron chi connectivity index (χ0n) is 14.1.